The molecule has 0 radical (unpaired) electrons. The minimum absolute atomic E-state index is 0.590. The third kappa shape index (κ3) is 2.18. The third-order valence-corrected chi connectivity index (χ3v) is 3.74. The monoisotopic (exact) mass is 241 g/mol. The molecular weight excluding hydrogens is 222 g/mol. The fraction of sp³-hybridized carbons (Fsp3) is 0.400. The molecule has 1 saturated heterocycles. The molecule has 1 aliphatic heterocycles. The highest BCUT2D eigenvalue weighted by atomic mass is 15.3. The molecule has 1 fully saturated rings. The number of benzene rings is 1. The van der Waals surface area contributed by atoms with Crippen LogP contribution in [0.4, 0.5) is 0 Å². The van der Waals surface area contributed by atoms with E-state index in [1.54, 1.807) is 0 Å². The topological polar surface area (TPSA) is 29.9 Å². The molecule has 1 aliphatic rings. The lowest BCUT2D eigenvalue weighted by Gasteiger charge is -2.12. The van der Waals surface area contributed by atoms with E-state index in [1.165, 1.54) is 29.7 Å². The first-order chi connectivity index (χ1) is 8.84. The van der Waals surface area contributed by atoms with Crippen LogP contribution in [-0.4, -0.2) is 22.4 Å². The van der Waals surface area contributed by atoms with Gasteiger partial charge in [0.2, 0.25) is 0 Å². The van der Waals surface area contributed by atoms with E-state index in [2.05, 4.69) is 46.3 Å². The van der Waals surface area contributed by atoms with Gasteiger partial charge in [0.1, 0.15) is 0 Å². The van der Waals surface area contributed by atoms with Gasteiger partial charge in [0.05, 0.1) is 12.7 Å². The van der Waals surface area contributed by atoms with E-state index in [-0.39, 0.29) is 0 Å². The number of aromatic nitrogens is 2. The van der Waals surface area contributed by atoms with Crippen molar-refractivity contribution in [3.05, 3.63) is 42.2 Å². The van der Waals surface area contributed by atoms with Gasteiger partial charge in [0, 0.05) is 17.3 Å². The van der Waals surface area contributed by atoms with Gasteiger partial charge in [0.25, 0.3) is 0 Å². The van der Waals surface area contributed by atoms with Crippen molar-refractivity contribution >= 4 is 0 Å². The zero-order valence-electron chi connectivity index (χ0n) is 10.8. The average molecular weight is 241 g/mol. The summed E-state index contributed by atoms with van der Waals surface area (Å²) in [4.78, 5) is 0. The highest BCUT2D eigenvalue weighted by molar-refractivity contribution is 5.64. The molecular formula is C15H19N3. The van der Waals surface area contributed by atoms with Gasteiger partial charge in [-0.3, -0.25) is 4.68 Å². The smallest absolute Gasteiger partial charge is 0.0571 e. The molecule has 1 aromatic heterocycles. The summed E-state index contributed by atoms with van der Waals surface area (Å²) in [5.74, 6) is 0. The van der Waals surface area contributed by atoms with Crippen LogP contribution in [0.5, 0.6) is 0 Å². The first kappa shape index (κ1) is 11.5. The van der Waals surface area contributed by atoms with Gasteiger partial charge in [-0.2, -0.15) is 5.10 Å². The molecule has 94 valence electrons. The Kier molecular flexibility index (Phi) is 3.15. The van der Waals surface area contributed by atoms with Gasteiger partial charge in [-0.15, -0.1) is 0 Å². The van der Waals surface area contributed by atoms with E-state index in [4.69, 9.17) is 0 Å². The first-order valence-corrected chi connectivity index (χ1v) is 6.66. The number of hydrogen-bond acceptors (Lipinski definition) is 2. The predicted octanol–water partition coefficient (Wildman–Crippen LogP) is 2.61. The predicted molar refractivity (Wildman–Crippen MR) is 73.4 cm³/mol. The van der Waals surface area contributed by atoms with Gasteiger partial charge >= 0.3 is 0 Å². The zero-order chi connectivity index (χ0) is 12.4. The van der Waals surface area contributed by atoms with Crippen LogP contribution in [0.15, 0.2) is 36.5 Å². The van der Waals surface area contributed by atoms with Crippen LogP contribution in [-0.2, 0) is 6.54 Å². The second-order valence-corrected chi connectivity index (χ2v) is 4.99. The second-order valence-electron chi connectivity index (χ2n) is 4.99. The Morgan fingerprint density at radius 1 is 1.33 bits per heavy atom. The Bertz CT molecular complexity index is 510. The van der Waals surface area contributed by atoms with Crippen molar-refractivity contribution in [2.45, 2.75) is 32.4 Å². The van der Waals surface area contributed by atoms with Crippen molar-refractivity contribution in [3.63, 3.8) is 0 Å². The molecule has 0 amide bonds. The molecule has 0 spiro atoms. The first-order valence-electron chi connectivity index (χ1n) is 6.66. The highest BCUT2D eigenvalue weighted by Crippen LogP contribution is 2.23. The minimum Gasteiger partial charge on any atom is -0.312 e. The van der Waals surface area contributed by atoms with Gasteiger partial charge in [-0.05, 0) is 31.9 Å². The standard InChI is InChI=1S/C15H19N3/c1-12-15(13-6-3-2-4-7-13)10-17-18(12)11-14-8-5-9-16-14/h2-4,6-7,10,14,16H,5,8-9,11H2,1H3. The summed E-state index contributed by atoms with van der Waals surface area (Å²) >= 11 is 0. The number of hydrogen-bond donors (Lipinski definition) is 1. The molecule has 1 aromatic carbocycles. The van der Waals surface area contributed by atoms with Gasteiger partial charge in [0.15, 0.2) is 0 Å². The molecule has 2 aromatic rings. The van der Waals surface area contributed by atoms with Crippen LogP contribution < -0.4 is 5.32 Å². The van der Waals surface area contributed by atoms with Crippen LogP contribution in [0.1, 0.15) is 18.5 Å². The molecule has 18 heavy (non-hydrogen) atoms. The number of nitrogens with zero attached hydrogens (tertiary/aromatic N) is 2. The van der Waals surface area contributed by atoms with E-state index < -0.39 is 0 Å². The van der Waals surface area contributed by atoms with E-state index >= 15 is 0 Å². The molecule has 1 atom stereocenters. The Morgan fingerprint density at radius 3 is 2.89 bits per heavy atom. The molecule has 0 aliphatic carbocycles. The fourth-order valence-electron chi connectivity index (χ4n) is 2.65. The van der Waals surface area contributed by atoms with E-state index in [1.807, 2.05) is 12.3 Å². The SMILES string of the molecule is Cc1c(-c2ccccc2)cnn1CC1CCCN1. The quantitative estimate of drug-likeness (QED) is 0.895. The van der Waals surface area contributed by atoms with E-state index in [9.17, 15) is 0 Å². The molecule has 2 heterocycles. The Labute approximate surface area is 108 Å². The minimum atomic E-state index is 0.590. The van der Waals surface area contributed by atoms with Crippen LogP contribution in [0.25, 0.3) is 11.1 Å². The van der Waals surface area contributed by atoms with Crippen molar-refractivity contribution in [3.8, 4) is 11.1 Å². The summed E-state index contributed by atoms with van der Waals surface area (Å²) in [5.41, 5.74) is 3.75. The Balaban J connectivity index is 1.83. The normalized spacial score (nSPS) is 19.3. The number of rotatable bonds is 3. The summed E-state index contributed by atoms with van der Waals surface area (Å²) in [6.07, 6.45) is 4.54. The fourth-order valence-corrected chi connectivity index (χ4v) is 2.65. The molecule has 1 unspecified atom stereocenters. The largest absolute Gasteiger partial charge is 0.312 e. The maximum absolute atomic E-state index is 4.53. The maximum atomic E-state index is 4.53. The van der Waals surface area contributed by atoms with Gasteiger partial charge in [-0.1, -0.05) is 30.3 Å². The van der Waals surface area contributed by atoms with Crippen LogP contribution in [0.3, 0.4) is 0 Å². The highest BCUT2D eigenvalue weighted by Gasteiger charge is 2.16. The van der Waals surface area contributed by atoms with Gasteiger partial charge < -0.3 is 5.32 Å². The molecule has 3 heteroatoms. The second kappa shape index (κ2) is 4.94. The Morgan fingerprint density at radius 2 is 2.17 bits per heavy atom. The maximum Gasteiger partial charge on any atom is 0.0571 e. The van der Waals surface area contributed by atoms with E-state index in [0.717, 1.165) is 13.1 Å². The summed E-state index contributed by atoms with van der Waals surface area (Å²) in [7, 11) is 0. The van der Waals surface area contributed by atoms with Crippen molar-refractivity contribution in [2.24, 2.45) is 0 Å². The van der Waals surface area contributed by atoms with Crippen LogP contribution in [0.2, 0.25) is 0 Å². The average Bonchev–Trinajstić information content (AvgIpc) is 3.03. The number of nitrogens with one attached hydrogen (secondary N) is 1. The van der Waals surface area contributed by atoms with Crippen molar-refractivity contribution in [1.29, 1.82) is 0 Å². The van der Waals surface area contributed by atoms with Crippen molar-refractivity contribution < 1.29 is 0 Å². The lowest BCUT2D eigenvalue weighted by atomic mass is 10.1. The molecule has 3 nitrogen and oxygen atoms in total. The molecule has 0 saturated carbocycles. The zero-order valence-corrected chi connectivity index (χ0v) is 10.8. The summed E-state index contributed by atoms with van der Waals surface area (Å²) in [5, 5.41) is 8.05. The summed E-state index contributed by atoms with van der Waals surface area (Å²) in [6, 6.07) is 11.1. The molecule has 3 rings (SSSR count). The van der Waals surface area contributed by atoms with Crippen LogP contribution in [0, 0.1) is 6.92 Å². The lowest BCUT2D eigenvalue weighted by molar-refractivity contribution is 0.469. The Hall–Kier alpha value is -1.61. The van der Waals surface area contributed by atoms with Crippen molar-refractivity contribution in [1.82, 2.24) is 15.1 Å². The molecule has 1 N–H and O–H groups in total. The lowest BCUT2D eigenvalue weighted by Crippen LogP contribution is -2.27. The third-order valence-electron chi connectivity index (χ3n) is 3.74. The van der Waals surface area contributed by atoms with Gasteiger partial charge in [-0.25, -0.2) is 0 Å². The van der Waals surface area contributed by atoms with E-state index in [0.29, 0.717) is 6.04 Å². The summed E-state index contributed by atoms with van der Waals surface area (Å²) in [6.45, 7) is 4.29. The summed E-state index contributed by atoms with van der Waals surface area (Å²) < 4.78 is 2.13. The molecule has 0 bridgehead atoms. The van der Waals surface area contributed by atoms with Crippen LogP contribution >= 0.6 is 0 Å². The van der Waals surface area contributed by atoms with Crippen molar-refractivity contribution in [2.75, 3.05) is 6.54 Å².